The van der Waals surface area contributed by atoms with Crippen molar-refractivity contribution in [3.63, 3.8) is 0 Å². The first-order chi connectivity index (χ1) is 22.1. The van der Waals surface area contributed by atoms with Crippen LogP contribution < -0.4 is 30.2 Å². The Morgan fingerprint density at radius 1 is 0.935 bits per heavy atom. The second-order valence-corrected chi connectivity index (χ2v) is 12.5. The van der Waals surface area contributed by atoms with Crippen LogP contribution in [0.15, 0.2) is 66.9 Å². The third-order valence-corrected chi connectivity index (χ3v) is 8.06. The number of benzene rings is 3. The van der Waals surface area contributed by atoms with E-state index in [2.05, 4.69) is 53.8 Å². The summed E-state index contributed by atoms with van der Waals surface area (Å²) in [5.74, 6) is -0.510. The number of hydrogen-bond donors (Lipinski definition) is 3. The Bertz CT molecular complexity index is 1680. The number of aromatic nitrogens is 1. The fourth-order valence-corrected chi connectivity index (χ4v) is 5.29. The van der Waals surface area contributed by atoms with Crippen LogP contribution in [0.3, 0.4) is 0 Å². The van der Waals surface area contributed by atoms with E-state index in [9.17, 15) is 9.59 Å². The molecule has 3 aromatic carbocycles. The largest absolute Gasteiger partial charge is 0.493 e. The van der Waals surface area contributed by atoms with Crippen LogP contribution in [0.25, 0.3) is 10.9 Å². The molecule has 2 amide bonds. The van der Waals surface area contributed by atoms with Crippen molar-refractivity contribution in [2.24, 2.45) is 5.92 Å². The molecule has 1 saturated heterocycles. The first-order valence-electron chi connectivity index (χ1n) is 15.6. The molecule has 0 unspecified atom stereocenters. The van der Waals surface area contributed by atoms with Gasteiger partial charge in [0, 0.05) is 35.9 Å². The summed E-state index contributed by atoms with van der Waals surface area (Å²) in [7, 11) is 1.56. The van der Waals surface area contributed by atoms with Gasteiger partial charge in [-0.3, -0.25) is 14.6 Å². The lowest BCUT2D eigenvalue weighted by Crippen LogP contribution is -2.36. The summed E-state index contributed by atoms with van der Waals surface area (Å²) in [6, 6.07) is 17.3. The molecule has 242 valence electrons. The monoisotopic (exact) mass is 628 g/mol. The SMILES string of the molecule is COc1cc2c(Oc3ccc(NC(=O)C(=O)NCCc4ccc(C(C)(C)C)cc4)cc3F)ccnc2cc1OCC1CCNCC1. The van der Waals surface area contributed by atoms with E-state index in [-0.39, 0.29) is 16.9 Å². The molecular formula is C36H41FN4O5. The van der Waals surface area contributed by atoms with Crippen molar-refractivity contribution in [3.8, 4) is 23.0 Å². The number of carbonyl (C=O) groups excluding carboxylic acids is 2. The third kappa shape index (κ3) is 8.31. The van der Waals surface area contributed by atoms with E-state index < -0.39 is 17.6 Å². The van der Waals surface area contributed by atoms with Gasteiger partial charge in [-0.05, 0) is 79.1 Å². The molecule has 0 spiro atoms. The van der Waals surface area contributed by atoms with Crippen LogP contribution in [0, 0.1) is 11.7 Å². The molecule has 46 heavy (non-hydrogen) atoms. The minimum Gasteiger partial charge on any atom is -0.493 e. The predicted octanol–water partition coefficient (Wildman–Crippen LogP) is 6.15. The van der Waals surface area contributed by atoms with E-state index >= 15 is 4.39 Å². The number of anilines is 1. The summed E-state index contributed by atoms with van der Waals surface area (Å²) in [6.07, 6.45) is 4.26. The van der Waals surface area contributed by atoms with Gasteiger partial charge in [-0.15, -0.1) is 0 Å². The molecule has 4 aromatic rings. The standard InChI is InChI=1S/C36H41FN4O5/c1-36(2,3)25-7-5-23(6-8-25)13-17-40-34(42)35(43)41-26-9-10-31(28(37)19-26)46-30-14-18-39-29-21-33(32(44-4)20-27(29)30)45-22-24-11-15-38-16-12-24/h5-10,14,18-21,24,38H,11-13,15-17,22H2,1-4H3,(H,40,42)(H,41,43). The van der Waals surface area contributed by atoms with Crippen molar-refractivity contribution in [2.45, 2.75) is 45.4 Å². The van der Waals surface area contributed by atoms with Crippen molar-refractivity contribution in [3.05, 3.63) is 83.8 Å². The normalized spacial score (nSPS) is 13.7. The van der Waals surface area contributed by atoms with Crippen LogP contribution in [0.1, 0.15) is 44.7 Å². The molecule has 10 heteroatoms. The minimum atomic E-state index is -0.887. The molecule has 0 atom stereocenters. The summed E-state index contributed by atoms with van der Waals surface area (Å²) in [5, 5.41) is 9.03. The summed E-state index contributed by atoms with van der Waals surface area (Å²) >= 11 is 0. The highest BCUT2D eigenvalue weighted by Gasteiger charge is 2.19. The van der Waals surface area contributed by atoms with Crippen molar-refractivity contribution >= 4 is 28.4 Å². The van der Waals surface area contributed by atoms with Gasteiger partial charge in [-0.2, -0.15) is 0 Å². The second kappa shape index (κ2) is 14.6. The van der Waals surface area contributed by atoms with Gasteiger partial charge in [0.2, 0.25) is 0 Å². The molecule has 0 saturated carbocycles. The zero-order valence-electron chi connectivity index (χ0n) is 26.7. The molecule has 1 fully saturated rings. The van der Waals surface area contributed by atoms with E-state index in [0.717, 1.165) is 37.6 Å². The Labute approximate surface area is 268 Å². The van der Waals surface area contributed by atoms with Crippen LogP contribution >= 0.6 is 0 Å². The number of hydrogen-bond acceptors (Lipinski definition) is 7. The number of amides is 2. The number of halogens is 1. The first-order valence-corrected chi connectivity index (χ1v) is 15.6. The van der Waals surface area contributed by atoms with Crippen molar-refractivity contribution in [1.29, 1.82) is 0 Å². The van der Waals surface area contributed by atoms with Crippen LogP contribution in [0.5, 0.6) is 23.0 Å². The predicted molar refractivity (Wildman–Crippen MR) is 176 cm³/mol. The van der Waals surface area contributed by atoms with E-state index in [0.29, 0.717) is 53.6 Å². The highest BCUT2D eigenvalue weighted by molar-refractivity contribution is 6.39. The van der Waals surface area contributed by atoms with E-state index in [1.165, 1.54) is 17.7 Å². The van der Waals surface area contributed by atoms with E-state index in [1.807, 2.05) is 12.1 Å². The number of fused-ring (bicyclic) bond motifs is 1. The van der Waals surface area contributed by atoms with Gasteiger partial charge in [-0.25, -0.2) is 4.39 Å². The average molecular weight is 629 g/mol. The molecule has 0 radical (unpaired) electrons. The maximum absolute atomic E-state index is 15.1. The molecule has 1 aliphatic rings. The fraction of sp³-hybridized carbons (Fsp3) is 0.361. The highest BCUT2D eigenvalue weighted by Crippen LogP contribution is 2.38. The minimum absolute atomic E-state index is 0.0577. The number of piperidine rings is 1. The first kappa shape index (κ1) is 32.7. The number of ether oxygens (including phenoxy) is 3. The van der Waals surface area contributed by atoms with Crippen molar-refractivity contribution in [1.82, 2.24) is 15.6 Å². The molecule has 0 bridgehead atoms. The number of nitrogens with one attached hydrogen (secondary N) is 3. The molecule has 9 nitrogen and oxygen atoms in total. The molecule has 0 aliphatic carbocycles. The van der Waals surface area contributed by atoms with Crippen LogP contribution in [0.2, 0.25) is 0 Å². The molecular weight excluding hydrogens is 587 g/mol. The molecule has 5 rings (SSSR count). The van der Waals surface area contributed by atoms with Crippen LogP contribution in [0.4, 0.5) is 10.1 Å². The lowest BCUT2D eigenvalue weighted by Gasteiger charge is -2.23. The van der Waals surface area contributed by atoms with E-state index in [4.69, 9.17) is 14.2 Å². The highest BCUT2D eigenvalue weighted by atomic mass is 19.1. The van der Waals surface area contributed by atoms with E-state index in [1.54, 1.807) is 31.5 Å². The van der Waals surface area contributed by atoms with Crippen molar-refractivity contribution < 1.29 is 28.2 Å². The molecule has 1 aliphatic heterocycles. The topological polar surface area (TPSA) is 111 Å². The Morgan fingerprint density at radius 2 is 1.70 bits per heavy atom. The second-order valence-electron chi connectivity index (χ2n) is 12.5. The molecule has 1 aromatic heterocycles. The Balaban J connectivity index is 1.18. The van der Waals surface area contributed by atoms with Gasteiger partial charge in [-0.1, -0.05) is 45.0 Å². The number of carbonyl (C=O) groups is 2. The Morgan fingerprint density at radius 3 is 2.39 bits per heavy atom. The quantitative estimate of drug-likeness (QED) is 0.181. The maximum atomic E-state index is 15.1. The Hall–Kier alpha value is -4.70. The summed E-state index contributed by atoms with van der Waals surface area (Å²) in [5.41, 5.74) is 3.06. The van der Waals surface area contributed by atoms with Crippen molar-refractivity contribution in [2.75, 3.05) is 38.7 Å². The number of pyridine rings is 1. The lowest BCUT2D eigenvalue weighted by atomic mass is 9.86. The van der Waals surface area contributed by atoms with Gasteiger partial charge in [0.1, 0.15) is 5.75 Å². The third-order valence-electron chi connectivity index (χ3n) is 8.06. The van der Waals surface area contributed by atoms with Gasteiger partial charge < -0.3 is 30.2 Å². The molecule has 2 heterocycles. The summed E-state index contributed by atoms with van der Waals surface area (Å²) < 4.78 is 32.8. The summed E-state index contributed by atoms with van der Waals surface area (Å²) in [4.78, 5) is 29.3. The average Bonchev–Trinajstić information content (AvgIpc) is 3.05. The van der Waals surface area contributed by atoms with Crippen LogP contribution in [-0.4, -0.2) is 50.1 Å². The smallest absolute Gasteiger partial charge is 0.313 e. The number of rotatable bonds is 10. The van der Waals surface area contributed by atoms with Gasteiger partial charge in [0.15, 0.2) is 23.1 Å². The zero-order chi connectivity index (χ0) is 32.7. The lowest BCUT2D eigenvalue weighted by molar-refractivity contribution is -0.136. The van der Waals surface area contributed by atoms with Gasteiger partial charge in [0.25, 0.3) is 0 Å². The molecule has 3 N–H and O–H groups in total. The Kier molecular flexibility index (Phi) is 10.4. The van der Waals surface area contributed by atoms with Gasteiger partial charge in [0.05, 0.1) is 19.2 Å². The fourth-order valence-electron chi connectivity index (χ4n) is 5.29. The zero-order valence-corrected chi connectivity index (χ0v) is 26.7. The maximum Gasteiger partial charge on any atom is 0.313 e. The van der Waals surface area contributed by atoms with Gasteiger partial charge >= 0.3 is 11.8 Å². The van der Waals surface area contributed by atoms with Crippen LogP contribution in [-0.2, 0) is 21.4 Å². The number of nitrogens with zero attached hydrogens (tertiary/aromatic N) is 1. The number of methoxy groups -OCH3 is 1. The summed E-state index contributed by atoms with van der Waals surface area (Å²) in [6.45, 7) is 9.29.